The summed E-state index contributed by atoms with van der Waals surface area (Å²) in [7, 11) is 0. The molecule has 1 heterocycles. The molecule has 2 rings (SSSR count). The summed E-state index contributed by atoms with van der Waals surface area (Å²) in [6, 6.07) is 6.41. The first kappa shape index (κ1) is 17.9. The predicted molar refractivity (Wildman–Crippen MR) is 89.3 cm³/mol. The van der Waals surface area contributed by atoms with Crippen molar-refractivity contribution in [3.05, 3.63) is 40.9 Å². The summed E-state index contributed by atoms with van der Waals surface area (Å²) in [4.78, 5) is 35.9. The van der Waals surface area contributed by atoms with E-state index in [4.69, 9.17) is 15.2 Å². The molecule has 7 nitrogen and oxygen atoms in total. The molecular formula is C16H18N2O5S. The molecule has 0 aromatic heterocycles. The number of carbonyl (C=O) groups excluding carboxylic acids is 3. The molecule has 2 amide bonds. The summed E-state index contributed by atoms with van der Waals surface area (Å²) in [5.74, 6) is -0.200. The van der Waals surface area contributed by atoms with E-state index in [-0.39, 0.29) is 19.1 Å². The van der Waals surface area contributed by atoms with Crippen molar-refractivity contribution < 1.29 is 23.9 Å². The van der Waals surface area contributed by atoms with Crippen molar-refractivity contribution in [2.45, 2.75) is 6.92 Å². The number of benzene rings is 1. The quantitative estimate of drug-likeness (QED) is 0.585. The van der Waals surface area contributed by atoms with Crippen LogP contribution in [0.3, 0.4) is 0 Å². The number of carbonyl (C=O) groups is 3. The van der Waals surface area contributed by atoms with Crippen LogP contribution in [0.25, 0.3) is 0 Å². The number of thioether (sulfide) groups is 1. The number of rotatable bonds is 7. The summed E-state index contributed by atoms with van der Waals surface area (Å²) >= 11 is 1.29. The lowest BCUT2D eigenvalue weighted by Crippen LogP contribution is -2.29. The Morgan fingerprint density at radius 1 is 1.33 bits per heavy atom. The zero-order valence-electron chi connectivity index (χ0n) is 13.2. The molecule has 1 fully saturated rings. The van der Waals surface area contributed by atoms with Crippen molar-refractivity contribution in [3.63, 3.8) is 0 Å². The van der Waals surface area contributed by atoms with E-state index in [1.165, 1.54) is 22.7 Å². The second-order valence-electron chi connectivity index (χ2n) is 4.81. The lowest BCUT2D eigenvalue weighted by molar-refractivity contribution is -0.137. The number of hydrogen-bond acceptors (Lipinski definition) is 6. The molecule has 0 aliphatic carbocycles. The third-order valence-corrected chi connectivity index (χ3v) is 4.19. The summed E-state index contributed by atoms with van der Waals surface area (Å²) in [5.41, 5.74) is 5.56. The van der Waals surface area contributed by atoms with Crippen molar-refractivity contribution in [2.75, 3.05) is 25.5 Å². The Hall–Kier alpha value is -2.48. The number of ether oxygens (including phenoxy) is 2. The van der Waals surface area contributed by atoms with Crippen LogP contribution in [0.4, 0.5) is 0 Å². The third kappa shape index (κ3) is 4.76. The summed E-state index contributed by atoms with van der Waals surface area (Å²) in [5, 5.41) is 0.561. The van der Waals surface area contributed by atoms with Crippen molar-refractivity contribution in [2.24, 2.45) is 5.73 Å². The molecule has 1 saturated heterocycles. The fourth-order valence-corrected chi connectivity index (χ4v) is 2.98. The Balaban J connectivity index is 1.90. The number of esters is 1. The topological polar surface area (TPSA) is 98.9 Å². The first-order valence-electron chi connectivity index (χ1n) is 7.35. The summed E-state index contributed by atoms with van der Waals surface area (Å²) in [6.07, 6.45) is 1.32. The highest BCUT2D eigenvalue weighted by atomic mass is 32.2. The van der Waals surface area contributed by atoms with Gasteiger partial charge in [-0.15, -0.1) is 0 Å². The van der Waals surface area contributed by atoms with Crippen LogP contribution in [0, 0.1) is 0 Å². The Bertz CT molecular complexity index is 657. The molecule has 8 heteroatoms. The van der Waals surface area contributed by atoms with Crippen molar-refractivity contribution >= 4 is 29.5 Å². The van der Waals surface area contributed by atoms with Gasteiger partial charge in [0.1, 0.15) is 12.4 Å². The molecule has 2 N–H and O–H groups in total. The average molecular weight is 350 g/mol. The van der Waals surface area contributed by atoms with Gasteiger partial charge in [0.15, 0.2) is 0 Å². The molecule has 0 radical (unpaired) electrons. The highest BCUT2D eigenvalue weighted by molar-refractivity contribution is 8.04. The fraction of sp³-hybridized carbons (Fsp3) is 0.312. The van der Waals surface area contributed by atoms with Gasteiger partial charge in [-0.05, 0) is 31.2 Å². The first-order chi connectivity index (χ1) is 11.5. The molecule has 24 heavy (non-hydrogen) atoms. The van der Waals surface area contributed by atoms with Gasteiger partial charge in [-0.25, -0.2) is 4.79 Å². The van der Waals surface area contributed by atoms with Gasteiger partial charge in [0, 0.05) is 5.56 Å². The largest absolute Gasteiger partial charge is 0.492 e. The number of nitrogens with zero attached hydrogens (tertiary/aromatic N) is 1. The van der Waals surface area contributed by atoms with Gasteiger partial charge in [-0.3, -0.25) is 9.59 Å². The lowest BCUT2D eigenvalue weighted by Gasteiger charge is -2.17. The smallest absolute Gasteiger partial charge is 0.333 e. The van der Waals surface area contributed by atoms with Crippen molar-refractivity contribution in [1.82, 2.24) is 4.90 Å². The maximum absolute atomic E-state index is 11.9. The van der Waals surface area contributed by atoms with Crippen LogP contribution in [0.1, 0.15) is 17.3 Å². The van der Waals surface area contributed by atoms with E-state index in [1.54, 1.807) is 31.2 Å². The van der Waals surface area contributed by atoms with E-state index in [1.807, 2.05) is 0 Å². The maximum Gasteiger partial charge on any atom is 0.333 e. The summed E-state index contributed by atoms with van der Waals surface area (Å²) < 4.78 is 10.4. The zero-order chi connectivity index (χ0) is 17.5. The fourth-order valence-electron chi connectivity index (χ4n) is 2.02. The SMILES string of the molecule is CCOC(=O)/C=C1\SCC(=O)N1CCOc1ccc(C(N)=O)cc1. The maximum atomic E-state index is 11.9. The second kappa shape index (κ2) is 8.39. The third-order valence-electron chi connectivity index (χ3n) is 3.16. The van der Waals surface area contributed by atoms with Crippen molar-refractivity contribution in [3.8, 4) is 5.75 Å². The lowest BCUT2D eigenvalue weighted by atomic mass is 10.2. The van der Waals surface area contributed by atoms with E-state index < -0.39 is 11.9 Å². The molecule has 128 valence electrons. The van der Waals surface area contributed by atoms with Crippen LogP contribution < -0.4 is 10.5 Å². The zero-order valence-corrected chi connectivity index (χ0v) is 14.0. The van der Waals surface area contributed by atoms with Crippen LogP contribution in [0.2, 0.25) is 0 Å². The summed E-state index contributed by atoms with van der Waals surface area (Å²) in [6.45, 7) is 2.57. The van der Waals surface area contributed by atoms with Gasteiger partial charge in [-0.2, -0.15) is 0 Å². The van der Waals surface area contributed by atoms with Crippen LogP contribution >= 0.6 is 11.8 Å². The van der Waals surface area contributed by atoms with Crippen molar-refractivity contribution in [1.29, 1.82) is 0 Å². The standard InChI is InChI=1S/C16H18N2O5S/c1-2-22-15(20)9-14-18(13(19)10-24-14)7-8-23-12-5-3-11(4-6-12)16(17)21/h3-6,9H,2,7-8,10H2,1H3,(H2,17,21)/b14-9-. The Morgan fingerprint density at radius 3 is 2.67 bits per heavy atom. The molecule has 0 saturated carbocycles. The van der Waals surface area contributed by atoms with E-state index >= 15 is 0 Å². The number of hydrogen-bond donors (Lipinski definition) is 1. The molecule has 1 aliphatic heterocycles. The van der Waals surface area contributed by atoms with Crippen LogP contribution in [-0.4, -0.2) is 48.2 Å². The molecule has 0 unspecified atom stereocenters. The van der Waals surface area contributed by atoms with E-state index in [0.717, 1.165) is 0 Å². The molecule has 0 atom stereocenters. The normalized spacial score (nSPS) is 15.6. The number of amides is 2. The number of nitrogens with two attached hydrogens (primary N) is 1. The minimum Gasteiger partial charge on any atom is -0.492 e. The first-order valence-corrected chi connectivity index (χ1v) is 8.34. The van der Waals surface area contributed by atoms with Gasteiger partial charge in [0.2, 0.25) is 11.8 Å². The van der Waals surface area contributed by atoms with Gasteiger partial charge in [0.25, 0.3) is 0 Å². The predicted octanol–water partition coefficient (Wildman–Crippen LogP) is 1.14. The van der Waals surface area contributed by atoms with Gasteiger partial charge < -0.3 is 20.1 Å². The van der Waals surface area contributed by atoms with Crippen LogP contribution in [0.15, 0.2) is 35.4 Å². The average Bonchev–Trinajstić information content (AvgIpc) is 2.88. The van der Waals surface area contributed by atoms with E-state index in [2.05, 4.69) is 0 Å². The molecule has 1 aromatic rings. The highest BCUT2D eigenvalue weighted by Crippen LogP contribution is 2.28. The molecular weight excluding hydrogens is 332 g/mol. The molecule has 0 bridgehead atoms. The Morgan fingerprint density at radius 2 is 2.04 bits per heavy atom. The van der Waals surface area contributed by atoms with E-state index in [0.29, 0.717) is 28.6 Å². The monoisotopic (exact) mass is 350 g/mol. The second-order valence-corrected chi connectivity index (χ2v) is 5.80. The highest BCUT2D eigenvalue weighted by Gasteiger charge is 2.27. The molecule has 1 aliphatic rings. The van der Waals surface area contributed by atoms with Crippen LogP contribution in [0.5, 0.6) is 5.75 Å². The number of primary amides is 1. The van der Waals surface area contributed by atoms with Gasteiger partial charge in [0.05, 0.1) is 30.0 Å². The van der Waals surface area contributed by atoms with E-state index in [9.17, 15) is 14.4 Å². The van der Waals surface area contributed by atoms with Gasteiger partial charge in [-0.1, -0.05) is 11.8 Å². The van der Waals surface area contributed by atoms with Gasteiger partial charge >= 0.3 is 5.97 Å². The minimum atomic E-state index is -0.505. The minimum absolute atomic E-state index is 0.0803. The Labute approximate surface area is 143 Å². The molecule has 0 spiro atoms. The Kier molecular flexibility index (Phi) is 6.25. The molecule has 1 aromatic carbocycles. The van der Waals surface area contributed by atoms with Crippen LogP contribution in [-0.2, 0) is 14.3 Å².